The van der Waals surface area contributed by atoms with Gasteiger partial charge in [0.15, 0.2) is 0 Å². The molecular formula is C25H29N5O3S. The number of benzene rings is 2. The van der Waals surface area contributed by atoms with Crippen LogP contribution in [0.5, 0.6) is 5.75 Å². The zero-order valence-electron chi connectivity index (χ0n) is 19.1. The van der Waals surface area contributed by atoms with Gasteiger partial charge in [-0.3, -0.25) is 10.1 Å². The summed E-state index contributed by atoms with van der Waals surface area (Å²) < 4.78 is 5.27. The number of urea groups is 1. The fourth-order valence-electron chi connectivity index (χ4n) is 4.03. The molecule has 1 aliphatic carbocycles. The average molecular weight is 480 g/mol. The SMILES string of the molecule is COc1cccc(-c2nnc(NC(=O)C(Cc3ccccc3)NC(=O)NC3CCCCC3)s2)c1. The molecule has 4 rings (SSSR count). The highest BCUT2D eigenvalue weighted by Crippen LogP contribution is 2.28. The second kappa shape index (κ2) is 11.6. The van der Waals surface area contributed by atoms with Crippen molar-refractivity contribution in [2.45, 2.75) is 50.6 Å². The van der Waals surface area contributed by atoms with Crippen molar-refractivity contribution < 1.29 is 14.3 Å². The number of amides is 3. The Bertz CT molecular complexity index is 1100. The number of anilines is 1. The van der Waals surface area contributed by atoms with Gasteiger partial charge in [-0.15, -0.1) is 10.2 Å². The highest BCUT2D eigenvalue weighted by atomic mass is 32.1. The number of nitrogens with one attached hydrogen (secondary N) is 3. The van der Waals surface area contributed by atoms with Crippen LogP contribution in [0.3, 0.4) is 0 Å². The van der Waals surface area contributed by atoms with Crippen LogP contribution in [0.2, 0.25) is 0 Å². The molecule has 2 aromatic carbocycles. The van der Waals surface area contributed by atoms with E-state index in [4.69, 9.17) is 4.74 Å². The lowest BCUT2D eigenvalue weighted by Crippen LogP contribution is -2.51. The molecule has 3 N–H and O–H groups in total. The smallest absolute Gasteiger partial charge is 0.315 e. The van der Waals surface area contributed by atoms with Crippen LogP contribution in [0.4, 0.5) is 9.93 Å². The number of nitrogens with zero attached hydrogens (tertiary/aromatic N) is 2. The van der Waals surface area contributed by atoms with Crippen molar-refractivity contribution in [2.24, 2.45) is 0 Å². The number of ether oxygens (including phenoxy) is 1. The third kappa shape index (κ3) is 6.54. The summed E-state index contributed by atoms with van der Waals surface area (Å²) in [7, 11) is 1.61. The van der Waals surface area contributed by atoms with Crippen molar-refractivity contribution >= 4 is 28.4 Å². The number of carbonyl (C=O) groups is 2. The van der Waals surface area contributed by atoms with Crippen LogP contribution in [0.1, 0.15) is 37.7 Å². The number of aromatic nitrogens is 2. The summed E-state index contributed by atoms with van der Waals surface area (Å²) >= 11 is 1.27. The fourth-order valence-corrected chi connectivity index (χ4v) is 4.77. The first kappa shape index (κ1) is 23.7. The summed E-state index contributed by atoms with van der Waals surface area (Å²) in [4.78, 5) is 25.8. The first-order valence-corrected chi connectivity index (χ1v) is 12.3. The monoisotopic (exact) mass is 479 g/mol. The van der Waals surface area contributed by atoms with E-state index in [-0.39, 0.29) is 18.0 Å². The van der Waals surface area contributed by atoms with Gasteiger partial charge < -0.3 is 15.4 Å². The highest BCUT2D eigenvalue weighted by Gasteiger charge is 2.24. The van der Waals surface area contributed by atoms with E-state index in [2.05, 4.69) is 26.1 Å². The third-order valence-corrected chi connectivity index (χ3v) is 6.70. The van der Waals surface area contributed by atoms with Crippen LogP contribution in [0, 0.1) is 0 Å². The zero-order chi connectivity index (χ0) is 23.8. The summed E-state index contributed by atoms with van der Waals surface area (Å²) in [6.45, 7) is 0. The summed E-state index contributed by atoms with van der Waals surface area (Å²) in [5.74, 6) is 0.380. The quantitative estimate of drug-likeness (QED) is 0.444. The number of carbonyl (C=O) groups excluding carboxylic acids is 2. The normalized spacial score (nSPS) is 14.7. The van der Waals surface area contributed by atoms with E-state index in [1.807, 2.05) is 54.6 Å². The van der Waals surface area contributed by atoms with Crippen molar-refractivity contribution in [2.75, 3.05) is 12.4 Å². The molecule has 9 heteroatoms. The topological polar surface area (TPSA) is 105 Å². The lowest BCUT2D eigenvalue weighted by atomic mass is 9.96. The number of hydrogen-bond acceptors (Lipinski definition) is 6. The zero-order valence-corrected chi connectivity index (χ0v) is 19.9. The van der Waals surface area contributed by atoms with Crippen LogP contribution in [-0.4, -0.2) is 41.3 Å². The van der Waals surface area contributed by atoms with Crippen LogP contribution in [-0.2, 0) is 11.2 Å². The molecule has 3 amide bonds. The molecule has 1 saturated carbocycles. The first-order chi connectivity index (χ1) is 16.6. The lowest BCUT2D eigenvalue weighted by molar-refractivity contribution is -0.117. The van der Waals surface area contributed by atoms with Crippen molar-refractivity contribution in [3.63, 3.8) is 0 Å². The molecule has 1 aromatic heterocycles. The molecule has 3 aromatic rings. The van der Waals surface area contributed by atoms with Gasteiger partial charge in [0, 0.05) is 18.0 Å². The van der Waals surface area contributed by atoms with E-state index in [1.165, 1.54) is 17.8 Å². The van der Waals surface area contributed by atoms with E-state index in [0.29, 0.717) is 16.6 Å². The second-order valence-electron chi connectivity index (χ2n) is 8.33. The summed E-state index contributed by atoms with van der Waals surface area (Å²) in [5, 5.41) is 18.1. The molecule has 0 aliphatic heterocycles. The van der Waals surface area contributed by atoms with E-state index < -0.39 is 6.04 Å². The number of rotatable bonds is 8. The molecule has 8 nitrogen and oxygen atoms in total. The third-order valence-electron chi connectivity index (χ3n) is 5.82. The van der Waals surface area contributed by atoms with Crippen LogP contribution in [0.15, 0.2) is 54.6 Å². The Morgan fingerprint density at radius 3 is 2.62 bits per heavy atom. The van der Waals surface area contributed by atoms with E-state index in [1.54, 1.807) is 7.11 Å². The maximum atomic E-state index is 13.2. The predicted octanol–water partition coefficient (Wildman–Crippen LogP) is 4.40. The molecule has 0 saturated heterocycles. The van der Waals surface area contributed by atoms with Gasteiger partial charge in [-0.2, -0.15) is 0 Å². The van der Waals surface area contributed by atoms with E-state index >= 15 is 0 Å². The Morgan fingerprint density at radius 1 is 1.06 bits per heavy atom. The van der Waals surface area contributed by atoms with Gasteiger partial charge in [0.2, 0.25) is 11.0 Å². The second-order valence-corrected chi connectivity index (χ2v) is 9.31. The summed E-state index contributed by atoms with van der Waals surface area (Å²) in [6.07, 6.45) is 5.75. The van der Waals surface area contributed by atoms with E-state index in [9.17, 15) is 9.59 Å². The molecule has 0 bridgehead atoms. The lowest BCUT2D eigenvalue weighted by Gasteiger charge is -2.25. The molecular weight excluding hydrogens is 450 g/mol. The highest BCUT2D eigenvalue weighted by molar-refractivity contribution is 7.18. The number of hydrogen-bond donors (Lipinski definition) is 3. The minimum atomic E-state index is -0.754. The summed E-state index contributed by atoms with van der Waals surface area (Å²) in [5.41, 5.74) is 1.80. The largest absolute Gasteiger partial charge is 0.497 e. The van der Waals surface area contributed by atoms with Gasteiger partial charge >= 0.3 is 6.03 Å². The Morgan fingerprint density at radius 2 is 1.85 bits per heavy atom. The van der Waals surface area contributed by atoms with Gasteiger partial charge in [0.05, 0.1) is 7.11 Å². The Kier molecular flexibility index (Phi) is 8.08. The van der Waals surface area contributed by atoms with E-state index in [0.717, 1.165) is 42.6 Å². The van der Waals surface area contributed by atoms with Crippen molar-refractivity contribution in [3.05, 3.63) is 60.2 Å². The Labute approximate surface area is 203 Å². The van der Waals surface area contributed by atoms with Gasteiger partial charge in [0.25, 0.3) is 0 Å². The Hall–Kier alpha value is -3.46. The van der Waals surface area contributed by atoms with Gasteiger partial charge in [-0.1, -0.05) is 73.1 Å². The average Bonchev–Trinajstić information content (AvgIpc) is 3.33. The molecule has 0 spiro atoms. The molecule has 178 valence electrons. The minimum absolute atomic E-state index is 0.155. The first-order valence-electron chi connectivity index (χ1n) is 11.5. The van der Waals surface area contributed by atoms with Crippen LogP contribution in [0.25, 0.3) is 10.6 Å². The maximum absolute atomic E-state index is 13.2. The van der Waals surface area contributed by atoms with Gasteiger partial charge in [0.1, 0.15) is 16.8 Å². The van der Waals surface area contributed by atoms with Crippen LogP contribution < -0.4 is 20.7 Å². The standard InChI is InChI=1S/C25H29N5O3S/c1-33-20-14-8-11-18(16-20)23-29-30-25(34-23)28-22(31)21(15-17-9-4-2-5-10-17)27-24(32)26-19-12-6-3-7-13-19/h2,4-5,8-11,14,16,19,21H,3,6-7,12-13,15H2,1H3,(H2,26,27,32)(H,28,30,31). The molecule has 34 heavy (non-hydrogen) atoms. The molecule has 1 unspecified atom stereocenters. The Balaban J connectivity index is 1.44. The fraction of sp³-hybridized carbons (Fsp3) is 0.360. The van der Waals surface area contributed by atoms with Crippen molar-refractivity contribution in [1.29, 1.82) is 0 Å². The number of methoxy groups -OCH3 is 1. The summed E-state index contributed by atoms with van der Waals surface area (Å²) in [6, 6.07) is 16.2. The maximum Gasteiger partial charge on any atom is 0.315 e. The minimum Gasteiger partial charge on any atom is -0.497 e. The van der Waals surface area contributed by atoms with Gasteiger partial charge in [-0.25, -0.2) is 4.79 Å². The molecule has 1 heterocycles. The predicted molar refractivity (Wildman–Crippen MR) is 133 cm³/mol. The molecule has 0 radical (unpaired) electrons. The molecule has 1 fully saturated rings. The van der Waals surface area contributed by atoms with Gasteiger partial charge in [-0.05, 0) is 30.5 Å². The molecule has 1 aliphatic rings. The molecule has 1 atom stereocenters. The van der Waals surface area contributed by atoms with Crippen molar-refractivity contribution in [3.8, 4) is 16.3 Å². The van der Waals surface area contributed by atoms with Crippen LogP contribution >= 0.6 is 11.3 Å². The van der Waals surface area contributed by atoms with Crippen molar-refractivity contribution in [1.82, 2.24) is 20.8 Å².